The zero-order valence-electron chi connectivity index (χ0n) is 16.5. The first-order chi connectivity index (χ1) is 12.3. The van der Waals surface area contributed by atoms with E-state index in [1.54, 1.807) is 0 Å². The van der Waals surface area contributed by atoms with Crippen LogP contribution in [0.4, 0.5) is 0 Å². The van der Waals surface area contributed by atoms with Gasteiger partial charge < -0.3 is 14.6 Å². The molecule has 144 valence electrons. The number of allylic oxidation sites excluding steroid dienone is 1. The number of carbonyl (C=O) groups is 2. The van der Waals surface area contributed by atoms with E-state index < -0.39 is 22.2 Å². The molecule has 7 atom stereocenters. The van der Waals surface area contributed by atoms with Crippen LogP contribution in [0.25, 0.3) is 0 Å². The number of aliphatic carboxylic acids is 1. The van der Waals surface area contributed by atoms with Crippen molar-refractivity contribution in [1.29, 1.82) is 0 Å². The third-order valence-corrected chi connectivity index (χ3v) is 8.69. The number of hydrogen-bond acceptors (Lipinski definition) is 3. The molecule has 0 heterocycles. The van der Waals surface area contributed by atoms with Crippen molar-refractivity contribution >= 4 is 12.3 Å². The zero-order chi connectivity index (χ0) is 18.9. The van der Waals surface area contributed by atoms with E-state index in [1.165, 1.54) is 0 Å². The average Bonchev–Trinajstić information content (AvgIpc) is 3.17. The molecule has 0 aromatic carbocycles. The highest BCUT2D eigenvalue weighted by atomic mass is 16.5. The van der Waals surface area contributed by atoms with Gasteiger partial charge >= 0.3 is 5.97 Å². The number of carboxylic acid groups (broad SMARTS) is 1. The fourth-order valence-electron chi connectivity index (χ4n) is 7.92. The topological polar surface area (TPSA) is 63.6 Å². The van der Waals surface area contributed by atoms with Gasteiger partial charge in [-0.05, 0) is 55.8 Å². The third kappa shape index (κ3) is 1.71. The second kappa shape index (κ2) is 5.67. The van der Waals surface area contributed by atoms with E-state index in [9.17, 15) is 14.7 Å². The van der Waals surface area contributed by atoms with Crippen LogP contribution in [0.2, 0.25) is 0 Å². The van der Waals surface area contributed by atoms with Gasteiger partial charge in [0.1, 0.15) is 11.7 Å². The third-order valence-electron chi connectivity index (χ3n) is 8.69. The van der Waals surface area contributed by atoms with E-state index >= 15 is 0 Å². The van der Waals surface area contributed by atoms with Crippen LogP contribution < -0.4 is 0 Å². The molecule has 4 heteroatoms. The smallest absolute Gasteiger partial charge is 0.315 e. The molecule has 0 amide bonds. The molecule has 0 aromatic rings. The van der Waals surface area contributed by atoms with Gasteiger partial charge in [-0.1, -0.05) is 38.8 Å². The molecule has 4 aliphatic rings. The quantitative estimate of drug-likeness (QED) is 0.575. The lowest BCUT2D eigenvalue weighted by molar-refractivity contribution is -0.186. The van der Waals surface area contributed by atoms with Crippen molar-refractivity contribution in [2.24, 2.45) is 45.8 Å². The molecule has 3 fully saturated rings. The minimum atomic E-state index is -1.08. The van der Waals surface area contributed by atoms with Gasteiger partial charge in [0.2, 0.25) is 0 Å². The summed E-state index contributed by atoms with van der Waals surface area (Å²) in [6, 6.07) is 0. The van der Waals surface area contributed by atoms with Crippen molar-refractivity contribution in [3.8, 4) is 0 Å². The van der Waals surface area contributed by atoms with Crippen LogP contribution in [0.1, 0.15) is 53.4 Å². The van der Waals surface area contributed by atoms with Gasteiger partial charge in [0.05, 0.1) is 12.0 Å². The summed E-state index contributed by atoms with van der Waals surface area (Å²) in [5, 5.41) is 10.7. The number of hydrogen-bond donors (Lipinski definition) is 1. The summed E-state index contributed by atoms with van der Waals surface area (Å²) in [7, 11) is 0. The average molecular weight is 360 g/mol. The Kier molecular flexibility index (Phi) is 3.97. The summed E-state index contributed by atoms with van der Waals surface area (Å²) in [5.41, 5.74) is -1.32. The van der Waals surface area contributed by atoms with Crippen LogP contribution >= 0.6 is 0 Å². The summed E-state index contributed by atoms with van der Waals surface area (Å²) >= 11 is 0. The second-order valence-corrected chi connectivity index (χ2v) is 9.62. The van der Waals surface area contributed by atoms with E-state index in [2.05, 4.69) is 26.8 Å². The number of aldehydes is 1. The number of fused-ring (bicyclic) bond motifs is 2. The van der Waals surface area contributed by atoms with Gasteiger partial charge in [-0.25, -0.2) is 0 Å². The summed E-state index contributed by atoms with van der Waals surface area (Å²) in [6.45, 7) is 9.45. The molecule has 4 aliphatic carbocycles. The SMILES string of the molecule is CCOC[C@@]12CC3C(C)CCC3[C@@]3(C=O)C[C@@H]1C=C(C(C)C)[C@]23C(=O)O. The lowest BCUT2D eigenvalue weighted by Gasteiger charge is -2.58. The van der Waals surface area contributed by atoms with Crippen molar-refractivity contribution in [3.63, 3.8) is 0 Å². The van der Waals surface area contributed by atoms with Crippen molar-refractivity contribution < 1.29 is 19.4 Å². The predicted octanol–water partition coefficient (Wildman–Crippen LogP) is 3.95. The standard InChI is InChI=1S/C22H32O4/c1-5-26-12-21-10-16-14(4)6-7-17(16)20(11-23)9-15(21)8-18(13(2)3)22(20,21)19(24)25/h8,11,13-17H,5-7,9-10,12H2,1-4H3,(H,24,25)/t14?,15-,16?,17?,20-,21-,22+/m0/s1. The first-order valence-electron chi connectivity index (χ1n) is 10.3. The van der Waals surface area contributed by atoms with Crippen molar-refractivity contribution in [1.82, 2.24) is 0 Å². The number of ether oxygens (including phenoxy) is 1. The number of rotatable bonds is 6. The molecule has 0 aromatic heterocycles. The molecule has 4 nitrogen and oxygen atoms in total. The van der Waals surface area contributed by atoms with Crippen LogP contribution in [0, 0.1) is 45.8 Å². The maximum atomic E-state index is 13.1. The Morgan fingerprint density at radius 3 is 2.69 bits per heavy atom. The van der Waals surface area contributed by atoms with Gasteiger partial charge in [-0.15, -0.1) is 0 Å². The Morgan fingerprint density at radius 1 is 1.38 bits per heavy atom. The minimum absolute atomic E-state index is 0.132. The Balaban J connectivity index is 1.99. The normalized spacial score (nSPS) is 48.6. The van der Waals surface area contributed by atoms with Crippen LogP contribution in [0.15, 0.2) is 11.6 Å². The van der Waals surface area contributed by atoms with Crippen molar-refractivity contribution in [3.05, 3.63) is 11.6 Å². The highest BCUT2D eigenvalue weighted by molar-refractivity contribution is 5.90. The number of carboxylic acids is 1. The first-order valence-corrected chi connectivity index (χ1v) is 10.3. The first kappa shape index (κ1) is 18.2. The Hall–Kier alpha value is -1.16. The van der Waals surface area contributed by atoms with Gasteiger partial charge in [0.15, 0.2) is 0 Å². The molecule has 3 unspecified atom stereocenters. The van der Waals surface area contributed by atoms with E-state index in [0.717, 1.165) is 31.1 Å². The van der Waals surface area contributed by atoms with Crippen LogP contribution in [0.5, 0.6) is 0 Å². The van der Waals surface area contributed by atoms with Crippen LogP contribution in [0.3, 0.4) is 0 Å². The maximum absolute atomic E-state index is 13.1. The monoisotopic (exact) mass is 360 g/mol. The molecule has 0 saturated heterocycles. The second-order valence-electron chi connectivity index (χ2n) is 9.62. The van der Waals surface area contributed by atoms with Crippen LogP contribution in [-0.2, 0) is 14.3 Å². The van der Waals surface area contributed by atoms with Gasteiger partial charge in [0.25, 0.3) is 0 Å². The molecule has 0 aliphatic heterocycles. The molecule has 4 rings (SSSR count). The van der Waals surface area contributed by atoms with Gasteiger partial charge in [-0.3, -0.25) is 4.79 Å². The highest BCUT2D eigenvalue weighted by Gasteiger charge is 2.84. The molecule has 0 radical (unpaired) electrons. The Labute approximate surface area is 156 Å². The Morgan fingerprint density at radius 2 is 2.12 bits per heavy atom. The molecular weight excluding hydrogens is 328 g/mol. The Bertz CT molecular complexity index is 667. The molecule has 4 bridgehead atoms. The van der Waals surface area contributed by atoms with Crippen LogP contribution in [-0.4, -0.2) is 30.6 Å². The number of carbonyl (C=O) groups excluding carboxylic acids is 1. The van der Waals surface area contributed by atoms with Crippen molar-refractivity contribution in [2.45, 2.75) is 53.4 Å². The van der Waals surface area contributed by atoms with Crippen molar-refractivity contribution in [2.75, 3.05) is 13.2 Å². The lowest BCUT2D eigenvalue weighted by atomic mass is 9.43. The lowest BCUT2D eigenvalue weighted by Crippen LogP contribution is -2.63. The molecular formula is C22H32O4. The van der Waals surface area contributed by atoms with E-state index in [4.69, 9.17) is 4.74 Å². The molecule has 3 saturated carbocycles. The van der Waals surface area contributed by atoms with Gasteiger partial charge in [-0.2, -0.15) is 0 Å². The summed E-state index contributed by atoms with van der Waals surface area (Å²) in [6.07, 6.45) is 6.98. The minimum Gasteiger partial charge on any atom is -0.481 e. The summed E-state index contributed by atoms with van der Waals surface area (Å²) in [5.74, 6) is 0.692. The van der Waals surface area contributed by atoms with E-state index in [-0.39, 0.29) is 17.8 Å². The maximum Gasteiger partial charge on any atom is 0.315 e. The molecule has 1 N–H and O–H groups in total. The summed E-state index contributed by atoms with van der Waals surface area (Å²) in [4.78, 5) is 25.8. The predicted molar refractivity (Wildman–Crippen MR) is 98.5 cm³/mol. The van der Waals surface area contributed by atoms with Gasteiger partial charge in [0, 0.05) is 12.0 Å². The highest BCUT2D eigenvalue weighted by Crippen LogP contribution is 2.82. The summed E-state index contributed by atoms with van der Waals surface area (Å²) < 4.78 is 5.94. The fourth-order valence-corrected chi connectivity index (χ4v) is 7.92. The van der Waals surface area contributed by atoms with E-state index in [1.807, 2.05) is 6.92 Å². The molecule has 0 spiro atoms. The van der Waals surface area contributed by atoms with E-state index in [0.29, 0.717) is 31.5 Å². The molecule has 26 heavy (non-hydrogen) atoms. The zero-order valence-corrected chi connectivity index (χ0v) is 16.5. The fraction of sp³-hybridized carbons (Fsp3) is 0.818. The largest absolute Gasteiger partial charge is 0.481 e.